The number of rotatable bonds is 4. The predicted octanol–water partition coefficient (Wildman–Crippen LogP) is 2.76. The van der Waals surface area contributed by atoms with Crippen molar-refractivity contribution in [2.45, 2.75) is 32.2 Å². The number of carbonyl (C=O) groups excluding carboxylic acids is 1. The molecule has 0 radical (unpaired) electrons. The van der Waals surface area contributed by atoms with Crippen LogP contribution >= 0.6 is 11.3 Å². The summed E-state index contributed by atoms with van der Waals surface area (Å²) in [5.74, 6) is -0.443. The van der Waals surface area contributed by atoms with E-state index in [9.17, 15) is 9.59 Å². The summed E-state index contributed by atoms with van der Waals surface area (Å²) in [5, 5.41) is 13.4. The van der Waals surface area contributed by atoms with Crippen LogP contribution in [0.15, 0.2) is 17.5 Å². The normalized spacial score (nSPS) is 22.8. The molecule has 0 spiro atoms. The Kier molecular flexibility index (Phi) is 4.37. The largest absolute Gasteiger partial charge is 0.478 e. The Morgan fingerprint density at radius 2 is 2.26 bits per heavy atom. The first-order valence-corrected chi connectivity index (χ1v) is 7.23. The predicted molar refractivity (Wildman–Crippen MR) is 75.3 cm³/mol. The van der Waals surface area contributed by atoms with Crippen LogP contribution in [-0.4, -0.2) is 23.0 Å². The summed E-state index contributed by atoms with van der Waals surface area (Å²) in [6.07, 6.45) is 5.72. The van der Waals surface area contributed by atoms with E-state index < -0.39 is 5.97 Å². The zero-order valence-corrected chi connectivity index (χ0v) is 11.6. The molecule has 19 heavy (non-hydrogen) atoms. The lowest BCUT2D eigenvalue weighted by Crippen LogP contribution is -2.32. The number of hydrogen-bond acceptors (Lipinski definition) is 3. The van der Waals surface area contributed by atoms with Crippen molar-refractivity contribution in [2.75, 3.05) is 0 Å². The molecule has 102 valence electrons. The van der Waals surface area contributed by atoms with Gasteiger partial charge >= 0.3 is 5.97 Å². The fourth-order valence-corrected chi connectivity index (χ4v) is 3.17. The van der Waals surface area contributed by atoms with Crippen molar-refractivity contribution in [1.29, 1.82) is 0 Å². The van der Waals surface area contributed by atoms with Gasteiger partial charge in [0.25, 0.3) is 5.91 Å². The van der Waals surface area contributed by atoms with E-state index in [1.54, 1.807) is 11.4 Å². The van der Waals surface area contributed by atoms with Crippen molar-refractivity contribution < 1.29 is 14.7 Å². The maximum absolute atomic E-state index is 12.2. The van der Waals surface area contributed by atoms with Crippen LogP contribution < -0.4 is 5.32 Å². The van der Waals surface area contributed by atoms with E-state index in [4.69, 9.17) is 5.11 Å². The van der Waals surface area contributed by atoms with Crippen LogP contribution in [-0.2, 0) is 4.79 Å². The Balaban J connectivity index is 2.03. The molecule has 1 saturated carbocycles. The molecule has 2 rings (SSSR count). The van der Waals surface area contributed by atoms with E-state index in [1.807, 2.05) is 0 Å². The molecule has 0 aliphatic heterocycles. The second-order valence-electron chi connectivity index (χ2n) is 4.97. The number of nitrogens with one attached hydrogen (secondary N) is 1. The molecule has 1 aliphatic rings. The molecular formula is C14H17NO3S. The quantitative estimate of drug-likeness (QED) is 0.833. The molecule has 0 saturated heterocycles. The van der Waals surface area contributed by atoms with Gasteiger partial charge in [-0.1, -0.05) is 6.92 Å². The molecule has 1 heterocycles. The first kappa shape index (κ1) is 13.8. The molecule has 1 amide bonds. The fraction of sp³-hybridized carbons (Fsp3) is 0.429. The minimum atomic E-state index is -1.01. The van der Waals surface area contributed by atoms with E-state index in [0.717, 1.165) is 25.3 Å². The first-order valence-electron chi connectivity index (χ1n) is 6.35. The van der Waals surface area contributed by atoms with Crippen LogP contribution in [0, 0.1) is 5.92 Å². The molecule has 2 N–H and O–H groups in total. The van der Waals surface area contributed by atoms with Crippen LogP contribution in [0.2, 0.25) is 0 Å². The number of carboxylic acid groups (broad SMARTS) is 1. The van der Waals surface area contributed by atoms with Crippen LogP contribution in [0.4, 0.5) is 0 Å². The Bertz CT molecular complexity index is 507. The van der Waals surface area contributed by atoms with Crippen molar-refractivity contribution in [3.63, 3.8) is 0 Å². The fourth-order valence-electron chi connectivity index (χ4n) is 2.39. The van der Waals surface area contributed by atoms with E-state index in [0.29, 0.717) is 16.4 Å². The third-order valence-electron chi connectivity index (χ3n) is 3.34. The van der Waals surface area contributed by atoms with Crippen molar-refractivity contribution in [1.82, 2.24) is 5.32 Å². The van der Waals surface area contributed by atoms with Gasteiger partial charge in [0.2, 0.25) is 0 Å². The molecule has 2 atom stereocenters. The number of carbonyl (C=O) groups is 2. The van der Waals surface area contributed by atoms with Crippen LogP contribution in [0.25, 0.3) is 6.08 Å². The lowest BCUT2D eigenvalue weighted by atomic mass is 10.1. The van der Waals surface area contributed by atoms with Crippen molar-refractivity contribution in [3.8, 4) is 0 Å². The van der Waals surface area contributed by atoms with Crippen molar-refractivity contribution >= 4 is 29.3 Å². The Morgan fingerprint density at radius 1 is 1.47 bits per heavy atom. The highest BCUT2D eigenvalue weighted by atomic mass is 32.1. The van der Waals surface area contributed by atoms with Gasteiger partial charge in [-0.25, -0.2) is 4.79 Å². The monoisotopic (exact) mass is 279 g/mol. The molecule has 4 nitrogen and oxygen atoms in total. The molecule has 2 unspecified atom stereocenters. The Morgan fingerprint density at radius 3 is 2.89 bits per heavy atom. The molecular weight excluding hydrogens is 262 g/mol. The lowest BCUT2D eigenvalue weighted by Gasteiger charge is -2.11. The zero-order chi connectivity index (χ0) is 13.8. The molecule has 0 bridgehead atoms. The van der Waals surface area contributed by atoms with E-state index >= 15 is 0 Å². The SMILES string of the molecule is CC1CCC(NC(=O)c2sccc2/C=C/C(=O)O)C1. The topological polar surface area (TPSA) is 66.4 Å². The summed E-state index contributed by atoms with van der Waals surface area (Å²) >= 11 is 1.34. The smallest absolute Gasteiger partial charge is 0.328 e. The van der Waals surface area contributed by atoms with Gasteiger partial charge in [-0.2, -0.15) is 0 Å². The van der Waals surface area contributed by atoms with Gasteiger partial charge in [-0.05, 0) is 48.3 Å². The minimum absolute atomic E-state index is 0.0980. The third kappa shape index (κ3) is 3.67. The van der Waals surface area contributed by atoms with Gasteiger partial charge in [-0.3, -0.25) is 4.79 Å². The number of aliphatic carboxylic acids is 1. The van der Waals surface area contributed by atoms with Gasteiger partial charge in [0, 0.05) is 12.1 Å². The summed E-state index contributed by atoms with van der Waals surface area (Å²) < 4.78 is 0. The first-order chi connectivity index (χ1) is 9.06. The summed E-state index contributed by atoms with van der Waals surface area (Å²) in [7, 11) is 0. The Hall–Kier alpha value is -1.62. The Labute approximate surface area is 116 Å². The van der Waals surface area contributed by atoms with E-state index in [-0.39, 0.29) is 11.9 Å². The summed E-state index contributed by atoms with van der Waals surface area (Å²) in [4.78, 5) is 23.2. The summed E-state index contributed by atoms with van der Waals surface area (Å²) in [6.45, 7) is 2.19. The average Bonchev–Trinajstić information content (AvgIpc) is 2.95. The lowest BCUT2D eigenvalue weighted by molar-refractivity contribution is -0.131. The molecule has 1 aliphatic carbocycles. The van der Waals surface area contributed by atoms with Gasteiger partial charge in [0.15, 0.2) is 0 Å². The minimum Gasteiger partial charge on any atom is -0.478 e. The molecule has 1 fully saturated rings. The standard InChI is InChI=1S/C14H17NO3S/c1-9-2-4-11(8-9)15-14(18)13-10(6-7-19-13)3-5-12(16)17/h3,5-7,9,11H,2,4,8H2,1H3,(H,15,18)(H,16,17)/b5-3+. The van der Waals surface area contributed by atoms with E-state index in [1.165, 1.54) is 17.4 Å². The van der Waals surface area contributed by atoms with Crippen LogP contribution in [0.3, 0.4) is 0 Å². The molecule has 1 aromatic rings. The molecule has 1 aromatic heterocycles. The third-order valence-corrected chi connectivity index (χ3v) is 4.27. The maximum Gasteiger partial charge on any atom is 0.328 e. The summed E-state index contributed by atoms with van der Waals surface area (Å²) in [6, 6.07) is 2.01. The molecule has 5 heteroatoms. The number of amides is 1. The summed E-state index contributed by atoms with van der Waals surface area (Å²) in [5.41, 5.74) is 0.663. The van der Waals surface area contributed by atoms with Crippen molar-refractivity contribution in [3.05, 3.63) is 28.0 Å². The van der Waals surface area contributed by atoms with Gasteiger partial charge in [0.05, 0.1) is 4.88 Å². The van der Waals surface area contributed by atoms with Crippen LogP contribution in [0.5, 0.6) is 0 Å². The number of thiophene rings is 1. The number of carboxylic acids is 1. The highest BCUT2D eigenvalue weighted by molar-refractivity contribution is 7.12. The maximum atomic E-state index is 12.2. The number of hydrogen-bond donors (Lipinski definition) is 2. The van der Waals surface area contributed by atoms with Gasteiger partial charge < -0.3 is 10.4 Å². The van der Waals surface area contributed by atoms with Gasteiger partial charge in [0.1, 0.15) is 0 Å². The average molecular weight is 279 g/mol. The zero-order valence-electron chi connectivity index (χ0n) is 10.8. The highest BCUT2D eigenvalue weighted by Gasteiger charge is 2.24. The highest BCUT2D eigenvalue weighted by Crippen LogP contribution is 2.26. The molecule has 0 aromatic carbocycles. The second-order valence-corrected chi connectivity index (χ2v) is 5.88. The van der Waals surface area contributed by atoms with Crippen LogP contribution in [0.1, 0.15) is 41.4 Å². The second kappa shape index (κ2) is 6.02. The van der Waals surface area contributed by atoms with E-state index in [2.05, 4.69) is 12.2 Å². The van der Waals surface area contributed by atoms with Crippen molar-refractivity contribution in [2.24, 2.45) is 5.92 Å². The van der Waals surface area contributed by atoms with Gasteiger partial charge in [-0.15, -0.1) is 11.3 Å².